The first kappa shape index (κ1) is 16.4. The molecule has 2 amide bonds. The lowest BCUT2D eigenvalue weighted by molar-refractivity contribution is -0.136. The van der Waals surface area contributed by atoms with Gasteiger partial charge < -0.3 is 15.5 Å². The van der Waals surface area contributed by atoms with Crippen LogP contribution in [-0.2, 0) is 9.59 Å². The first-order valence-electron chi connectivity index (χ1n) is 7.49. The maximum absolute atomic E-state index is 13.8. The Hall–Kier alpha value is -1.95. The molecule has 0 spiro atoms. The van der Waals surface area contributed by atoms with Gasteiger partial charge in [-0.2, -0.15) is 0 Å². The number of nitrogens with two attached hydrogens (primary N) is 1. The highest BCUT2D eigenvalue weighted by molar-refractivity contribution is 6.01. The van der Waals surface area contributed by atoms with Crippen molar-refractivity contribution in [2.45, 2.75) is 38.3 Å². The largest absolute Gasteiger partial charge is 0.334 e. The first-order valence-corrected chi connectivity index (χ1v) is 7.49. The van der Waals surface area contributed by atoms with Crippen LogP contribution in [0.2, 0.25) is 0 Å². The predicted octanol–water partition coefficient (Wildman–Crippen LogP) is 1.52. The lowest BCUT2D eigenvalue weighted by Gasteiger charge is -2.24. The Bertz CT molecular complexity index is 562. The fourth-order valence-electron chi connectivity index (χ4n) is 2.64. The number of nitrogens with zero attached hydrogens (tertiary/aromatic N) is 2. The maximum Gasteiger partial charge on any atom is 0.249 e. The Morgan fingerprint density at radius 2 is 2.18 bits per heavy atom. The van der Waals surface area contributed by atoms with Gasteiger partial charge in [0.1, 0.15) is 11.9 Å². The van der Waals surface area contributed by atoms with E-state index in [2.05, 4.69) is 0 Å². The third kappa shape index (κ3) is 3.44. The minimum atomic E-state index is -0.528. The number of benzene rings is 1. The monoisotopic (exact) mass is 307 g/mol. The van der Waals surface area contributed by atoms with E-state index in [1.165, 1.54) is 15.9 Å². The van der Waals surface area contributed by atoms with Crippen molar-refractivity contribution in [1.29, 1.82) is 0 Å². The lowest BCUT2D eigenvalue weighted by atomic mass is 10.1. The minimum Gasteiger partial charge on any atom is -0.334 e. The molecular weight excluding hydrogens is 285 g/mol. The SMILES string of the molecule is CC(N)CCC(=O)N(C)C1CCN(c2ccccc2F)C1=O. The summed E-state index contributed by atoms with van der Waals surface area (Å²) in [7, 11) is 1.62. The van der Waals surface area contributed by atoms with Gasteiger partial charge in [-0.15, -0.1) is 0 Å². The minimum absolute atomic E-state index is 0.0495. The Morgan fingerprint density at radius 3 is 2.82 bits per heavy atom. The number of halogens is 1. The number of amides is 2. The summed E-state index contributed by atoms with van der Waals surface area (Å²) in [4.78, 5) is 27.5. The third-order valence-corrected chi connectivity index (χ3v) is 3.99. The summed E-state index contributed by atoms with van der Waals surface area (Å²) in [6, 6.07) is 5.60. The molecule has 0 saturated carbocycles. The lowest BCUT2D eigenvalue weighted by Crippen LogP contribution is -2.43. The number of hydrogen-bond acceptors (Lipinski definition) is 3. The van der Waals surface area contributed by atoms with E-state index in [9.17, 15) is 14.0 Å². The number of anilines is 1. The van der Waals surface area contributed by atoms with E-state index in [0.29, 0.717) is 25.8 Å². The van der Waals surface area contributed by atoms with Gasteiger partial charge in [-0.3, -0.25) is 9.59 Å². The number of para-hydroxylation sites is 1. The Morgan fingerprint density at radius 1 is 1.50 bits per heavy atom. The van der Waals surface area contributed by atoms with Crippen molar-refractivity contribution in [2.24, 2.45) is 5.73 Å². The average molecular weight is 307 g/mol. The van der Waals surface area contributed by atoms with E-state index in [-0.39, 0.29) is 23.5 Å². The average Bonchev–Trinajstić information content (AvgIpc) is 2.86. The molecule has 1 fully saturated rings. The Labute approximate surface area is 129 Å². The van der Waals surface area contributed by atoms with Crippen molar-refractivity contribution in [2.75, 3.05) is 18.5 Å². The van der Waals surface area contributed by atoms with Gasteiger partial charge in [0.15, 0.2) is 0 Å². The number of likely N-dealkylation sites (N-methyl/N-ethyl adjacent to an activating group) is 1. The Kier molecular flexibility index (Phi) is 5.13. The van der Waals surface area contributed by atoms with Crippen molar-refractivity contribution < 1.29 is 14.0 Å². The molecule has 5 nitrogen and oxygen atoms in total. The van der Waals surface area contributed by atoms with Crippen molar-refractivity contribution in [3.05, 3.63) is 30.1 Å². The van der Waals surface area contributed by atoms with Gasteiger partial charge in [0.05, 0.1) is 5.69 Å². The van der Waals surface area contributed by atoms with Crippen LogP contribution < -0.4 is 10.6 Å². The molecule has 0 aromatic heterocycles. The molecular formula is C16H22FN3O2. The molecule has 1 aromatic carbocycles. The van der Waals surface area contributed by atoms with E-state index >= 15 is 0 Å². The van der Waals surface area contributed by atoms with Crippen LogP contribution in [0.25, 0.3) is 0 Å². The van der Waals surface area contributed by atoms with E-state index in [1.807, 2.05) is 6.92 Å². The van der Waals surface area contributed by atoms with Crippen LogP contribution in [0.3, 0.4) is 0 Å². The maximum atomic E-state index is 13.8. The first-order chi connectivity index (χ1) is 10.4. The summed E-state index contributed by atoms with van der Waals surface area (Å²) in [5, 5.41) is 0. The highest BCUT2D eigenvalue weighted by atomic mass is 19.1. The van der Waals surface area contributed by atoms with Crippen LogP contribution in [0.1, 0.15) is 26.2 Å². The summed E-state index contributed by atoms with van der Waals surface area (Å²) >= 11 is 0. The van der Waals surface area contributed by atoms with Crippen molar-refractivity contribution in [3.63, 3.8) is 0 Å². The fourth-order valence-corrected chi connectivity index (χ4v) is 2.64. The molecule has 2 atom stereocenters. The third-order valence-electron chi connectivity index (χ3n) is 3.99. The molecule has 22 heavy (non-hydrogen) atoms. The van der Waals surface area contributed by atoms with Crippen molar-refractivity contribution >= 4 is 17.5 Å². The zero-order chi connectivity index (χ0) is 16.3. The second-order valence-corrected chi connectivity index (χ2v) is 5.77. The highest BCUT2D eigenvalue weighted by Gasteiger charge is 2.37. The molecule has 0 aliphatic carbocycles. The van der Waals surface area contributed by atoms with Gasteiger partial charge in [-0.25, -0.2) is 4.39 Å². The molecule has 1 aromatic rings. The zero-order valence-corrected chi connectivity index (χ0v) is 13.0. The summed E-state index contributed by atoms with van der Waals surface area (Å²) in [5.74, 6) is -0.768. The van der Waals surface area contributed by atoms with Gasteiger partial charge in [-0.05, 0) is 31.9 Å². The van der Waals surface area contributed by atoms with Crippen LogP contribution in [0.5, 0.6) is 0 Å². The van der Waals surface area contributed by atoms with Gasteiger partial charge >= 0.3 is 0 Å². The quantitative estimate of drug-likeness (QED) is 0.897. The predicted molar refractivity (Wildman–Crippen MR) is 82.8 cm³/mol. The molecule has 2 rings (SSSR count). The molecule has 1 aliphatic rings. The smallest absolute Gasteiger partial charge is 0.249 e. The van der Waals surface area contributed by atoms with Gasteiger partial charge in [0.2, 0.25) is 11.8 Å². The summed E-state index contributed by atoms with van der Waals surface area (Å²) in [6.07, 6.45) is 1.41. The summed E-state index contributed by atoms with van der Waals surface area (Å²) in [5.41, 5.74) is 5.92. The molecule has 1 saturated heterocycles. The van der Waals surface area contributed by atoms with Crippen LogP contribution >= 0.6 is 0 Å². The topological polar surface area (TPSA) is 66.6 Å². The van der Waals surface area contributed by atoms with Crippen LogP contribution in [0.15, 0.2) is 24.3 Å². The highest BCUT2D eigenvalue weighted by Crippen LogP contribution is 2.26. The molecule has 2 N–H and O–H groups in total. The molecule has 6 heteroatoms. The molecule has 120 valence electrons. The zero-order valence-electron chi connectivity index (χ0n) is 13.0. The molecule has 2 unspecified atom stereocenters. The number of rotatable bonds is 5. The molecule has 1 aliphatic heterocycles. The van der Waals surface area contributed by atoms with Gasteiger partial charge in [-0.1, -0.05) is 12.1 Å². The molecule has 0 radical (unpaired) electrons. The molecule has 1 heterocycles. The van der Waals surface area contributed by atoms with E-state index < -0.39 is 11.9 Å². The van der Waals surface area contributed by atoms with E-state index in [0.717, 1.165) is 0 Å². The number of hydrogen-bond donors (Lipinski definition) is 1. The normalized spacial score (nSPS) is 19.4. The number of carbonyl (C=O) groups is 2. The van der Waals surface area contributed by atoms with Gasteiger partial charge in [0.25, 0.3) is 0 Å². The standard InChI is InChI=1S/C16H22FN3O2/c1-11(18)7-8-15(21)19(2)14-9-10-20(16(14)22)13-6-4-3-5-12(13)17/h3-6,11,14H,7-10,18H2,1-2H3. The van der Waals surface area contributed by atoms with E-state index in [4.69, 9.17) is 5.73 Å². The molecule has 0 bridgehead atoms. The Balaban J connectivity index is 2.05. The summed E-state index contributed by atoms with van der Waals surface area (Å²) < 4.78 is 13.8. The van der Waals surface area contributed by atoms with Crippen molar-refractivity contribution in [1.82, 2.24) is 4.90 Å². The summed E-state index contributed by atoms with van der Waals surface area (Å²) in [6.45, 7) is 2.25. The van der Waals surface area contributed by atoms with Gasteiger partial charge in [0, 0.05) is 26.1 Å². The van der Waals surface area contributed by atoms with E-state index in [1.54, 1.807) is 25.2 Å². The van der Waals surface area contributed by atoms with Crippen molar-refractivity contribution in [3.8, 4) is 0 Å². The van der Waals surface area contributed by atoms with Crippen LogP contribution in [0, 0.1) is 5.82 Å². The second kappa shape index (κ2) is 6.87. The number of carbonyl (C=O) groups excluding carboxylic acids is 2. The van der Waals surface area contributed by atoms with Crippen LogP contribution in [-0.4, -0.2) is 42.4 Å². The fraction of sp³-hybridized carbons (Fsp3) is 0.500. The second-order valence-electron chi connectivity index (χ2n) is 5.77. The van der Waals surface area contributed by atoms with Crippen LogP contribution in [0.4, 0.5) is 10.1 Å².